The minimum absolute atomic E-state index is 0.0384. The Kier molecular flexibility index (Phi) is 20.8. The van der Waals surface area contributed by atoms with Crippen molar-refractivity contribution < 1.29 is 43.0 Å². The summed E-state index contributed by atoms with van der Waals surface area (Å²) in [7, 11) is 1.85. The quantitative estimate of drug-likeness (QED) is 0.0138. The maximum Gasteiger partial charge on any atom is 0.261 e. The molecule has 0 spiro atoms. The van der Waals surface area contributed by atoms with Crippen molar-refractivity contribution in [3.63, 3.8) is 0 Å². The first-order chi connectivity index (χ1) is 41.3. The van der Waals surface area contributed by atoms with E-state index in [1.165, 1.54) is 5.01 Å². The molecule has 1 atom stereocenters. The number of aromatic nitrogens is 3. The van der Waals surface area contributed by atoms with Crippen LogP contribution in [0.15, 0.2) is 115 Å². The van der Waals surface area contributed by atoms with Crippen LogP contribution in [0.3, 0.4) is 0 Å². The van der Waals surface area contributed by atoms with E-state index in [2.05, 4.69) is 37.7 Å². The Morgan fingerprint density at radius 3 is 2.46 bits per heavy atom. The molecule has 85 heavy (non-hydrogen) atoms. The Balaban J connectivity index is 0.610. The number of hydrogen-bond acceptors (Lipinski definition) is 18. The molecule has 2 aromatic heterocycles. The van der Waals surface area contributed by atoms with Gasteiger partial charge in [0.05, 0.1) is 56.4 Å². The van der Waals surface area contributed by atoms with Gasteiger partial charge in [-0.15, -0.1) is 0 Å². The molecule has 0 bridgehead atoms. The molecule has 2 saturated heterocycles. The minimum Gasteiger partial charge on any atom is -0.489 e. The highest BCUT2D eigenvalue weighted by atomic mass is 16.5. The van der Waals surface area contributed by atoms with Crippen LogP contribution in [0.2, 0.25) is 0 Å². The molecule has 6 amide bonds. The second kappa shape index (κ2) is 29.3. The number of carbonyl (C=O) groups excluding carboxylic acids is 6. The lowest BCUT2D eigenvalue weighted by molar-refractivity contribution is -0.139. The third kappa shape index (κ3) is 16.1. The Hall–Kier alpha value is -9.27. The van der Waals surface area contributed by atoms with Crippen LogP contribution in [0.1, 0.15) is 74.3 Å². The van der Waals surface area contributed by atoms with Gasteiger partial charge in [0.2, 0.25) is 24.1 Å². The predicted octanol–water partition coefficient (Wildman–Crippen LogP) is 4.62. The topological polar surface area (TPSA) is 273 Å². The molecule has 6 aromatic rings. The smallest absolute Gasteiger partial charge is 0.261 e. The van der Waals surface area contributed by atoms with Gasteiger partial charge >= 0.3 is 0 Å². The molecule has 3 aliphatic heterocycles. The summed E-state index contributed by atoms with van der Waals surface area (Å²) >= 11 is 0. The Morgan fingerprint density at radius 2 is 1.68 bits per heavy atom. The summed E-state index contributed by atoms with van der Waals surface area (Å²) in [4.78, 5) is 96.9. The number of ether oxygens (including phenoxy) is 3. The van der Waals surface area contributed by atoms with Crippen molar-refractivity contribution in [1.82, 2.24) is 44.9 Å². The molecule has 442 valence electrons. The summed E-state index contributed by atoms with van der Waals surface area (Å²) in [5.41, 5.74) is 14.1. The van der Waals surface area contributed by atoms with Crippen molar-refractivity contribution in [2.75, 3.05) is 96.5 Å². The Labute approximate surface area is 493 Å². The number of benzene rings is 4. The van der Waals surface area contributed by atoms with E-state index in [0.29, 0.717) is 125 Å². The highest BCUT2D eigenvalue weighted by Crippen LogP contribution is 2.29. The molecule has 22 nitrogen and oxygen atoms in total. The fraction of sp³-hybridized carbons (Fsp3) is 0.349. The van der Waals surface area contributed by atoms with Crippen LogP contribution in [-0.4, -0.2) is 167 Å². The molecule has 0 aliphatic carbocycles. The first kappa shape index (κ1) is 60.3. The number of fused-ring (bicyclic) bond motifs is 2. The third-order valence-electron chi connectivity index (χ3n) is 15.0. The number of nitrogens with one attached hydrogen (secondary N) is 3. The molecule has 0 saturated carbocycles. The number of hydrogen-bond donors (Lipinski definition) is 5. The van der Waals surface area contributed by atoms with E-state index in [4.69, 9.17) is 35.8 Å². The van der Waals surface area contributed by atoms with Gasteiger partial charge in [-0.3, -0.25) is 48.9 Å². The first-order valence-corrected chi connectivity index (χ1v) is 28.4. The van der Waals surface area contributed by atoms with Crippen LogP contribution < -0.4 is 32.3 Å². The van der Waals surface area contributed by atoms with Crippen LogP contribution in [-0.2, 0) is 48.2 Å². The maximum atomic E-state index is 13.7. The highest BCUT2D eigenvalue weighted by Gasteiger charge is 2.35. The van der Waals surface area contributed by atoms with Crippen LogP contribution in [0.4, 0.5) is 11.5 Å². The lowest BCUT2D eigenvalue weighted by atomic mass is 10.0. The van der Waals surface area contributed by atoms with Crippen LogP contribution in [0.5, 0.6) is 5.75 Å². The van der Waals surface area contributed by atoms with Gasteiger partial charge < -0.3 is 45.4 Å². The number of amides is 6. The highest BCUT2D eigenvalue weighted by molar-refractivity contribution is 6.08. The van der Waals surface area contributed by atoms with E-state index < -0.39 is 23.8 Å². The zero-order valence-electron chi connectivity index (χ0n) is 47.9. The lowest BCUT2D eigenvalue weighted by Crippen LogP contribution is -2.53. The fourth-order valence-electron chi connectivity index (χ4n) is 10.2. The number of nitrogens with two attached hydrogens (primary N) is 2. The summed E-state index contributed by atoms with van der Waals surface area (Å²) in [5, 5.41) is 11.1. The molecule has 0 radical (unpaired) electrons. The summed E-state index contributed by atoms with van der Waals surface area (Å²) in [6.07, 6.45) is 5.39. The predicted molar refractivity (Wildman–Crippen MR) is 320 cm³/mol. The monoisotopic (exact) mass is 1150 g/mol. The number of rotatable bonds is 24. The van der Waals surface area contributed by atoms with E-state index in [9.17, 15) is 28.8 Å². The second-order valence-electron chi connectivity index (χ2n) is 20.8. The number of pyridine rings is 1. The van der Waals surface area contributed by atoms with Gasteiger partial charge in [-0.05, 0) is 98.0 Å². The number of hydrazine groups is 1. The molecular weight excluding hydrogens is 1080 g/mol. The average Bonchev–Trinajstić information content (AvgIpc) is 3.46. The zero-order chi connectivity index (χ0) is 59.7. The molecule has 1 unspecified atom stereocenters. The molecule has 5 heterocycles. The molecular formula is C63H71N13O9. The van der Waals surface area contributed by atoms with E-state index in [-0.39, 0.29) is 43.4 Å². The van der Waals surface area contributed by atoms with Gasteiger partial charge in [0.25, 0.3) is 11.8 Å². The van der Waals surface area contributed by atoms with Gasteiger partial charge in [-0.25, -0.2) is 15.8 Å². The van der Waals surface area contributed by atoms with E-state index in [1.807, 2.05) is 95.7 Å². The molecule has 22 heteroatoms. The van der Waals surface area contributed by atoms with Gasteiger partial charge in [0.1, 0.15) is 24.2 Å². The van der Waals surface area contributed by atoms with Crippen LogP contribution >= 0.6 is 0 Å². The largest absolute Gasteiger partial charge is 0.489 e. The van der Waals surface area contributed by atoms with Gasteiger partial charge in [-0.2, -0.15) is 0 Å². The van der Waals surface area contributed by atoms with Crippen molar-refractivity contribution in [3.8, 4) is 29.0 Å². The number of imide groups is 2. The standard InChI is InChI=1S/C63H71N13O9/c1-43-51(63(82)76(42-77)56-22-23-57(78)70-61(56)80)10-5-12-53(43)67-25-33-83-34-35-84-41-49(64)38-75(65)27-7-13-58(79)73-31-29-72(30-32-73)26-6-8-44-16-20-50(21-17-44)85-40-45-14-18-46(19-15-45)62(81)74-28-24-52-55(39-74)69-59(71-60(52)66-2)48-36-47-9-3-4-11-54(47)68-37-48/h3-5,9-12,14-21,36-38,42,56,67H,7,13,22-35,39-41,64-65H2,1-2H3,(H,66,69,71)(H,70,78,80)/b49-38-. The third-order valence-corrected chi connectivity index (χ3v) is 15.0. The fourth-order valence-corrected chi connectivity index (χ4v) is 10.2. The molecule has 3 aliphatic rings. The number of carbonyl (C=O) groups is 6. The number of piperazine rings is 1. The maximum absolute atomic E-state index is 13.7. The normalized spacial score (nSPS) is 15.3. The van der Waals surface area contributed by atoms with Crippen molar-refractivity contribution in [3.05, 3.63) is 154 Å². The average molecular weight is 1150 g/mol. The Bertz CT molecular complexity index is 3470. The summed E-state index contributed by atoms with van der Waals surface area (Å²) in [5.74, 6) is 13.0. The van der Waals surface area contributed by atoms with E-state index in [1.54, 1.807) is 37.5 Å². The van der Waals surface area contributed by atoms with E-state index >= 15 is 0 Å². The zero-order valence-corrected chi connectivity index (χ0v) is 47.9. The van der Waals surface area contributed by atoms with Crippen LogP contribution in [0, 0.1) is 18.8 Å². The summed E-state index contributed by atoms with van der Waals surface area (Å²) < 4.78 is 17.4. The lowest BCUT2D eigenvalue weighted by Gasteiger charge is -2.33. The van der Waals surface area contributed by atoms with Crippen LogP contribution in [0.25, 0.3) is 22.3 Å². The summed E-state index contributed by atoms with van der Waals surface area (Å²) in [6.45, 7) is 8.28. The Morgan fingerprint density at radius 1 is 0.894 bits per heavy atom. The molecule has 9 rings (SSSR count). The first-order valence-electron chi connectivity index (χ1n) is 28.4. The second-order valence-corrected chi connectivity index (χ2v) is 20.8. The number of para-hydroxylation sites is 1. The minimum atomic E-state index is -1.06. The summed E-state index contributed by atoms with van der Waals surface area (Å²) in [6, 6.07) is 29.2. The molecule has 2 fully saturated rings. The van der Waals surface area contributed by atoms with Gasteiger partial charge in [-0.1, -0.05) is 48.2 Å². The number of piperidine rings is 1. The van der Waals surface area contributed by atoms with Gasteiger partial charge in [0, 0.05) is 117 Å². The number of anilines is 2. The van der Waals surface area contributed by atoms with Crippen molar-refractivity contribution in [2.45, 2.75) is 58.2 Å². The van der Waals surface area contributed by atoms with Crippen molar-refractivity contribution >= 4 is 58.4 Å². The SMILES string of the molecule is CNc1nc(-c2cnc3ccccc3c2)nc2c1CCN(C(=O)c1ccc(COc3ccc(C#CCN4CCN(C(=O)CCCN(N)/C=C(\N)COCCOCCNc5cccc(C(=O)N(C=O)C6CCC(=O)NC6=O)c5C)CC4)cc3)cc1)C2. The molecule has 4 aromatic carbocycles. The molecule has 7 N–H and O–H groups in total. The van der Waals surface area contributed by atoms with Crippen molar-refractivity contribution in [1.29, 1.82) is 0 Å². The van der Waals surface area contributed by atoms with E-state index in [0.717, 1.165) is 62.7 Å². The van der Waals surface area contributed by atoms with Gasteiger partial charge in [0.15, 0.2) is 5.82 Å². The number of nitrogens with zero attached hydrogens (tertiary/aromatic N) is 8. The van der Waals surface area contributed by atoms with Crippen molar-refractivity contribution in [2.24, 2.45) is 11.6 Å².